The molecule has 19 heavy (non-hydrogen) atoms. The van der Waals surface area contributed by atoms with Gasteiger partial charge in [0, 0.05) is 11.6 Å². The lowest BCUT2D eigenvalue weighted by atomic mass is 10.1. The summed E-state index contributed by atoms with van der Waals surface area (Å²) in [5.41, 5.74) is 0.777. The predicted octanol–water partition coefficient (Wildman–Crippen LogP) is 2.89. The maximum absolute atomic E-state index is 11.0. The van der Waals surface area contributed by atoms with Crippen molar-refractivity contribution in [1.82, 2.24) is 4.98 Å². The van der Waals surface area contributed by atoms with Crippen molar-refractivity contribution in [2.45, 2.75) is 6.92 Å². The lowest BCUT2D eigenvalue weighted by Gasteiger charge is -2.09. The molecule has 0 aliphatic rings. The molecule has 1 heterocycles. The number of pyridine rings is 1. The van der Waals surface area contributed by atoms with Gasteiger partial charge in [-0.25, -0.2) is 9.78 Å². The summed E-state index contributed by atoms with van der Waals surface area (Å²) in [6.07, 6.45) is 1.53. The van der Waals surface area contributed by atoms with Gasteiger partial charge in [-0.2, -0.15) is 0 Å². The molecule has 0 aliphatic carbocycles. The van der Waals surface area contributed by atoms with Crippen molar-refractivity contribution in [2.24, 2.45) is 0 Å². The Morgan fingerprint density at radius 3 is 2.63 bits per heavy atom. The lowest BCUT2D eigenvalue weighted by Crippen LogP contribution is -2.01. The van der Waals surface area contributed by atoms with E-state index >= 15 is 0 Å². The number of benzene rings is 1. The minimum Gasteiger partial charge on any atom is -0.495 e. The van der Waals surface area contributed by atoms with E-state index in [1.165, 1.54) is 12.3 Å². The molecule has 2 aromatic rings. The lowest BCUT2D eigenvalue weighted by molar-refractivity contribution is 0.0695. The fourth-order valence-corrected chi connectivity index (χ4v) is 1.62. The standard InChI is InChI=1S/C14H13NO4/c1-9-11(14(16)17)4-3-5-12(9)19-13-7-6-10(18-2)8-15-13/h3-8H,1-2H3,(H,16,17). The topological polar surface area (TPSA) is 68.7 Å². The number of carboxylic acids is 1. The molecule has 0 radical (unpaired) electrons. The van der Waals surface area contributed by atoms with Crippen molar-refractivity contribution in [3.63, 3.8) is 0 Å². The first kappa shape index (κ1) is 12.9. The van der Waals surface area contributed by atoms with Crippen molar-refractivity contribution in [3.8, 4) is 17.4 Å². The van der Waals surface area contributed by atoms with Crippen LogP contribution in [0.5, 0.6) is 17.4 Å². The zero-order valence-corrected chi connectivity index (χ0v) is 10.6. The van der Waals surface area contributed by atoms with Crippen LogP contribution in [0.2, 0.25) is 0 Å². The first-order valence-electron chi connectivity index (χ1n) is 5.62. The molecule has 0 amide bonds. The van der Waals surface area contributed by atoms with E-state index in [4.69, 9.17) is 14.6 Å². The number of hydrogen-bond donors (Lipinski definition) is 1. The Kier molecular flexibility index (Phi) is 3.66. The van der Waals surface area contributed by atoms with Crippen molar-refractivity contribution in [3.05, 3.63) is 47.7 Å². The molecule has 0 atom stereocenters. The summed E-state index contributed by atoms with van der Waals surface area (Å²) in [5, 5.41) is 9.04. The van der Waals surface area contributed by atoms with Crippen LogP contribution in [0.1, 0.15) is 15.9 Å². The third-order valence-electron chi connectivity index (χ3n) is 2.67. The molecule has 0 spiro atoms. The summed E-state index contributed by atoms with van der Waals surface area (Å²) in [7, 11) is 1.55. The van der Waals surface area contributed by atoms with Gasteiger partial charge in [-0.05, 0) is 25.1 Å². The third kappa shape index (κ3) is 2.82. The number of aromatic carboxylic acids is 1. The van der Waals surface area contributed by atoms with Crippen molar-refractivity contribution in [1.29, 1.82) is 0 Å². The number of hydrogen-bond acceptors (Lipinski definition) is 4. The van der Waals surface area contributed by atoms with Crippen LogP contribution in [0.15, 0.2) is 36.5 Å². The van der Waals surface area contributed by atoms with E-state index in [9.17, 15) is 4.79 Å². The minimum atomic E-state index is -0.981. The Morgan fingerprint density at radius 1 is 1.26 bits per heavy atom. The molecule has 1 aromatic heterocycles. The quantitative estimate of drug-likeness (QED) is 0.914. The van der Waals surface area contributed by atoms with Gasteiger partial charge in [-0.3, -0.25) is 0 Å². The number of carbonyl (C=O) groups is 1. The summed E-state index contributed by atoms with van der Waals surface area (Å²) in [6.45, 7) is 1.70. The summed E-state index contributed by atoms with van der Waals surface area (Å²) in [6, 6.07) is 8.25. The third-order valence-corrected chi connectivity index (χ3v) is 2.67. The predicted molar refractivity (Wildman–Crippen MR) is 69.0 cm³/mol. The number of rotatable bonds is 4. The Hall–Kier alpha value is -2.56. The molecule has 0 unspecified atom stereocenters. The average molecular weight is 259 g/mol. The zero-order chi connectivity index (χ0) is 13.8. The average Bonchev–Trinajstić information content (AvgIpc) is 2.41. The smallest absolute Gasteiger partial charge is 0.336 e. The van der Waals surface area contributed by atoms with Crippen LogP contribution in [0.25, 0.3) is 0 Å². The second-order valence-electron chi connectivity index (χ2n) is 3.87. The highest BCUT2D eigenvalue weighted by molar-refractivity contribution is 5.90. The molecule has 0 bridgehead atoms. The number of carboxylic acid groups (broad SMARTS) is 1. The Balaban J connectivity index is 2.27. The Bertz CT molecular complexity index is 593. The second-order valence-corrected chi connectivity index (χ2v) is 3.87. The van der Waals surface area contributed by atoms with E-state index in [0.717, 1.165) is 0 Å². The van der Waals surface area contributed by atoms with Crippen LogP contribution in [-0.4, -0.2) is 23.2 Å². The Labute approximate surface area is 110 Å². The van der Waals surface area contributed by atoms with Crippen molar-refractivity contribution in [2.75, 3.05) is 7.11 Å². The zero-order valence-electron chi connectivity index (χ0n) is 10.6. The van der Waals surface area contributed by atoms with E-state index in [0.29, 0.717) is 22.9 Å². The molecule has 0 aliphatic heterocycles. The van der Waals surface area contributed by atoms with Gasteiger partial charge in [0.25, 0.3) is 0 Å². The van der Waals surface area contributed by atoms with Crippen LogP contribution in [0.3, 0.4) is 0 Å². The number of ether oxygens (including phenoxy) is 2. The molecule has 0 saturated carbocycles. The van der Waals surface area contributed by atoms with Gasteiger partial charge in [-0.15, -0.1) is 0 Å². The maximum atomic E-state index is 11.0. The highest BCUT2D eigenvalue weighted by Crippen LogP contribution is 2.26. The maximum Gasteiger partial charge on any atom is 0.336 e. The van der Waals surface area contributed by atoms with E-state index < -0.39 is 5.97 Å². The molecule has 1 aromatic carbocycles. The van der Waals surface area contributed by atoms with E-state index in [2.05, 4.69) is 4.98 Å². The normalized spacial score (nSPS) is 10.0. The molecule has 2 rings (SSSR count). The largest absolute Gasteiger partial charge is 0.495 e. The number of aromatic nitrogens is 1. The van der Waals surface area contributed by atoms with Crippen molar-refractivity contribution >= 4 is 5.97 Å². The van der Waals surface area contributed by atoms with Crippen LogP contribution < -0.4 is 9.47 Å². The molecule has 98 valence electrons. The number of methoxy groups -OCH3 is 1. The van der Waals surface area contributed by atoms with Gasteiger partial charge in [0.1, 0.15) is 11.5 Å². The monoisotopic (exact) mass is 259 g/mol. The second kappa shape index (κ2) is 5.39. The summed E-state index contributed by atoms with van der Waals surface area (Å²) >= 11 is 0. The first-order chi connectivity index (χ1) is 9.11. The summed E-state index contributed by atoms with van der Waals surface area (Å²) in [5.74, 6) is 0.498. The van der Waals surface area contributed by atoms with Gasteiger partial charge in [0.05, 0.1) is 18.9 Å². The molecular weight excluding hydrogens is 246 g/mol. The summed E-state index contributed by atoms with van der Waals surface area (Å²) < 4.78 is 10.6. The van der Waals surface area contributed by atoms with E-state index in [-0.39, 0.29) is 5.56 Å². The minimum absolute atomic E-state index is 0.214. The fourth-order valence-electron chi connectivity index (χ4n) is 1.62. The van der Waals surface area contributed by atoms with Crippen LogP contribution >= 0.6 is 0 Å². The van der Waals surface area contributed by atoms with Crippen LogP contribution in [0, 0.1) is 6.92 Å². The van der Waals surface area contributed by atoms with E-state index in [1.54, 1.807) is 38.3 Å². The molecule has 0 fully saturated rings. The Morgan fingerprint density at radius 2 is 2.05 bits per heavy atom. The molecular formula is C14H13NO4. The van der Waals surface area contributed by atoms with Gasteiger partial charge >= 0.3 is 5.97 Å². The van der Waals surface area contributed by atoms with Crippen LogP contribution in [-0.2, 0) is 0 Å². The highest BCUT2D eigenvalue weighted by atomic mass is 16.5. The fraction of sp³-hybridized carbons (Fsp3) is 0.143. The molecule has 5 nitrogen and oxygen atoms in total. The first-order valence-corrected chi connectivity index (χ1v) is 5.62. The van der Waals surface area contributed by atoms with E-state index in [1.807, 2.05) is 0 Å². The van der Waals surface area contributed by atoms with Crippen LogP contribution in [0.4, 0.5) is 0 Å². The molecule has 0 saturated heterocycles. The van der Waals surface area contributed by atoms with Gasteiger partial charge < -0.3 is 14.6 Å². The van der Waals surface area contributed by atoms with Crippen molar-refractivity contribution < 1.29 is 19.4 Å². The molecule has 5 heteroatoms. The SMILES string of the molecule is COc1ccc(Oc2cccc(C(=O)O)c2C)nc1. The van der Waals surface area contributed by atoms with Gasteiger partial charge in [0.15, 0.2) is 0 Å². The van der Waals surface area contributed by atoms with Gasteiger partial charge in [0.2, 0.25) is 5.88 Å². The van der Waals surface area contributed by atoms with Gasteiger partial charge in [-0.1, -0.05) is 6.07 Å². The highest BCUT2D eigenvalue weighted by Gasteiger charge is 2.11. The molecule has 1 N–H and O–H groups in total. The summed E-state index contributed by atoms with van der Waals surface area (Å²) in [4.78, 5) is 15.1. The number of nitrogens with zero attached hydrogens (tertiary/aromatic N) is 1.